The predicted molar refractivity (Wildman–Crippen MR) is 56.4 cm³/mol. The van der Waals surface area contributed by atoms with Crippen LogP contribution in [0, 0.1) is 0 Å². The van der Waals surface area contributed by atoms with Gasteiger partial charge in [0.15, 0.2) is 9.84 Å². The van der Waals surface area contributed by atoms with Crippen molar-refractivity contribution in [2.75, 3.05) is 12.3 Å². The number of carbonyl (C=O) groups excluding carboxylic acids is 2. The Morgan fingerprint density at radius 3 is 2.62 bits per heavy atom. The van der Waals surface area contributed by atoms with Crippen molar-refractivity contribution >= 4 is 21.7 Å². The average molecular weight is 246 g/mol. The molecule has 6 nitrogen and oxygen atoms in total. The third-order valence-electron chi connectivity index (χ3n) is 3.02. The quantitative estimate of drug-likeness (QED) is 0.595. The van der Waals surface area contributed by atoms with Gasteiger partial charge < -0.3 is 5.32 Å². The molecule has 0 saturated carbocycles. The summed E-state index contributed by atoms with van der Waals surface area (Å²) in [5, 5.41) is 4.61. The molecule has 0 aromatic rings. The van der Waals surface area contributed by atoms with Crippen LogP contribution >= 0.6 is 0 Å². The lowest BCUT2D eigenvalue weighted by atomic mass is 10.2. The van der Waals surface area contributed by atoms with E-state index in [4.69, 9.17) is 0 Å². The zero-order chi connectivity index (χ0) is 11.8. The normalized spacial score (nSPS) is 33.0. The standard InChI is InChI=1S/C9H14N2O4S/c12-8-4-7(9(13)11-8)10-5-6-2-1-3-16(6,14)15/h6-7,10H,1-5H2,(H,11,12,13). The molecule has 2 rings (SSSR count). The second-order valence-corrected chi connectivity index (χ2v) is 6.61. The van der Waals surface area contributed by atoms with Crippen LogP contribution in [0.1, 0.15) is 19.3 Å². The first-order chi connectivity index (χ1) is 7.49. The van der Waals surface area contributed by atoms with E-state index in [1.807, 2.05) is 0 Å². The zero-order valence-corrected chi connectivity index (χ0v) is 9.55. The first-order valence-corrected chi connectivity index (χ1v) is 6.99. The van der Waals surface area contributed by atoms with Crippen LogP contribution in [0.2, 0.25) is 0 Å². The van der Waals surface area contributed by atoms with E-state index in [1.54, 1.807) is 0 Å². The van der Waals surface area contributed by atoms with Crippen LogP contribution in [0.3, 0.4) is 0 Å². The molecular formula is C9H14N2O4S. The summed E-state index contributed by atoms with van der Waals surface area (Å²) in [7, 11) is -2.99. The van der Waals surface area contributed by atoms with Crippen molar-refractivity contribution in [3.05, 3.63) is 0 Å². The van der Waals surface area contributed by atoms with Crippen molar-refractivity contribution in [1.82, 2.24) is 10.6 Å². The summed E-state index contributed by atoms with van der Waals surface area (Å²) >= 11 is 0. The highest BCUT2D eigenvalue weighted by atomic mass is 32.2. The molecule has 2 heterocycles. The van der Waals surface area contributed by atoms with Crippen LogP contribution < -0.4 is 10.6 Å². The molecule has 0 bridgehead atoms. The molecule has 0 aromatic carbocycles. The molecule has 2 aliphatic rings. The number of nitrogens with one attached hydrogen (secondary N) is 2. The molecular weight excluding hydrogens is 232 g/mol. The summed E-state index contributed by atoms with van der Waals surface area (Å²) in [6.45, 7) is 0.258. The number of hydrogen-bond donors (Lipinski definition) is 2. The molecule has 0 spiro atoms. The van der Waals surface area contributed by atoms with Gasteiger partial charge in [0.05, 0.1) is 23.5 Å². The SMILES string of the molecule is O=C1CC(NCC2CCCS2(=O)=O)C(=O)N1. The van der Waals surface area contributed by atoms with Crippen molar-refractivity contribution in [2.24, 2.45) is 0 Å². The summed E-state index contributed by atoms with van der Waals surface area (Å²) in [6.07, 6.45) is 1.42. The van der Waals surface area contributed by atoms with Gasteiger partial charge in [-0.25, -0.2) is 8.42 Å². The molecule has 2 atom stereocenters. The summed E-state index contributed by atoms with van der Waals surface area (Å²) in [5.41, 5.74) is 0. The Kier molecular flexibility index (Phi) is 2.98. The molecule has 2 unspecified atom stereocenters. The van der Waals surface area contributed by atoms with E-state index < -0.39 is 21.1 Å². The molecule has 0 aliphatic carbocycles. The summed E-state index contributed by atoms with van der Waals surface area (Å²) in [6, 6.07) is -0.566. The van der Waals surface area contributed by atoms with E-state index in [0.717, 1.165) is 0 Å². The minimum absolute atomic E-state index is 0.103. The van der Waals surface area contributed by atoms with Gasteiger partial charge in [-0.3, -0.25) is 14.9 Å². The van der Waals surface area contributed by atoms with Crippen LogP contribution in [0.4, 0.5) is 0 Å². The van der Waals surface area contributed by atoms with E-state index in [0.29, 0.717) is 12.8 Å². The molecule has 2 aliphatic heterocycles. The van der Waals surface area contributed by atoms with Gasteiger partial charge >= 0.3 is 0 Å². The van der Waals surface area contributed by atoms with E-state index >= 15 is 0 Å². The van der Waals surface area contributed by atoms with Gasteiger partial charge in [0.1, 0.15) is 0 Å². The van der Waals surface area contributed by atoms with Crippen LogP contribution in [-0.2, 0) is 19.4 Å². The molecule has 7 heteroatoms. The summed E-state index contributed by atoms with van der Waals surface area (Å²) in [4.78, 5) is 22.1. The highest BCUT2D eigenvalue weighted by Crippen LogP contribution is 2.19. The minimum atomic E-state index is -2.99. The fraction of sp³-hybridized carbons (Fsp3) is 0.778. The molecule has 16 heavy (non-hydrogen) atoms. The third-order valence-corrected chi connectivity index (χ3v) is 5.30. The van der Waals surface area contributed by atoms with E-state index in [2.05, 4.69) is 10.6 Å². The van der Waals surface area contributed by atoms with Crippen LogP contribution in [-0.4, -0.2) is 43.8 Å². The molecule has 2 N–H and O–H groups in total. The Labute approximate surface area is 93.7 Å². The maximum absolute atomic E-state index is 11.5. The van der Waals surface area contributed by atoms with Gasteiger partial charge in [0.25, 0.3) is 0 Å². The molecule has 0 aromatic heterocycles. The number of carbonyl (C=O) groups is 2. The summed E-state index contributed by atoms with van der Waals surface area (Å²) in [5.74, 6) is -0.438. The molecule has 2 amide bonds. The number of amides is 2. The first kappa shape index (κ1) is 11.5. The maximum atomic E-state index is 11.5. The Balaban J connectivity index is 1.88. The van der Waals surface area contributed by atoms with Crippen molar-refractivity contribution in [1.29, 1.82) is 0 Å². The second kappa shape index (κ2) is 4.14. The average Bonchev–Trinajstić information content (AvgIpc) is 2.66. The molecule has 90 valence electrons. The van der Waals surface area contributed by atoms with Crippen LogP contribution in [0.5, 0.6) is 0 Å². The van der Waals surface area contributed by atoms with Crippen molar-refractivity contribution in [3.8, 4) is 0 Å². The highest BCUT2D eigenvalue weighted by molar-refractivity contribution is 7.92. The van der Waals surface area contributed by atoms with Gasteiger partial charge in [0, 0.05) is 6.54 Å². The van der Waals surface area contributed by atoms with E-state index in [-0.39, 0.29) is 30.5 Å². The lowest BCUT2D eigenvalue weighted by molar-refractivity contribution is -0.125. The van der Waals surface area contributed by atoms with Gasteiger partial charge in [0.2, 0.25) is 11.8 Å². The first-order valence-electron chi connectivity index (χ1n) is 5.28. The fourth-order valence-corrected chi connectivity index (χ4v) is 3.86. The third kappa shape index (κ3) is 2.25. The lowest BCUT2D eigenvalue weighted by Gasteiger charge is -2.13. The molecule has 2 fully saturated rings. The lowest BCUT2D eigenvalue weighted by Crippen LogP contribution is -2.41. The summed E-state index contributed by atoms with van der Waals surface area (Å²) < 4.78 is 23.0. The van der Waals surface area contributed by atoms with Gasteiger partial charge in [-0.05, 0) is 12.8 Å². The number of hydrogen-bond acceptors (Lipinski definition) is 5. The van der Waals surface area contributed by atoms with Crippen molar-refractivity contribution in [3.63, 3.8) is 0 Å². The largest absolute Gasteiger partial charge is 0.304 e. The van der Waals surface area contributed by atoms with Gasteiger partial charge in [-0.15, -0.1) is 0 Å². The predicted octanol–water partition coefficient (Wildman–Crippen LogP) is -1.43. The Bertz CT molecular complexity index is 417. The molecule has 2 saturated heterocycles. The fourth-order valence-electron chi connectivity index (χ4n) is 2.08. The monoisotopic (exact) mass is 246 g/mol. The van der Waals surface area contributed by atoms with Crippen LogP contribution in [0.15, 0.2) is 0 Å². The minimum Gasteiger partial charge on any atom is -0.304 e. The van der Waals surface area contributed by atoms with Gasteiger partial charge in [-0.2, -0.15) is 0 Å². The topological polar surface area (TPSA) is 92.3 Å². The Hall–Kier alpha value is -0.950. The smallest absolute Gasteiger partial charge is 0.244 e. The van der Waals surface area contributed by atoms with Crippen LogP contribution in [0.25, 0.3) is 0 Å². The number of imide groups is 1. The van der Waals surface area contributed by atoms with Crippen molar-refractivity contribution < 1.29 is 18.0 Å². The maximum Gasteiger partial charge on any atom is 0.244 e. The second-order valence-electron chi connectivity index (χ2n) is 4.21. The highest BCUT2D eigenvalue weighted by Gasteiger charge is 2.34. The van der Waals surface area contributed by atoms with E-state index in [1.165, 1.54) is 0 Å². The molecule has 0 radical (unpaired) electrons. The Morgan fingerprint density at radius 2 is 2.12 bits per heavy atom. The number of rotatable bonds is 3. The Morgan fingerprint density at radius 1 is 1.38 bits per heavy atom. The zero-order valence-electron chi connectivity index (χ0n) is 8.73. The number of sulfone groups is 1. The van der Waals surface area contributed by atoms with E-state index in [9.17, 15) is 18.0 Å². The van der Waals surface area contributed by atoms with Crippen molar-refractivity contribution in [2.45, 2.75) is 30.6 Å². The van der Waals surface area contributed by atoms with Gasteiger partial charge in [-0.1, -0.05) is 0 Å².